The molecule has 1 atom stereocenters. The van der Waals surface area contributed by atoms with Gasteiger partial charge in [0.25, 0.3) is 0 Å². The first kappa shape index (κ1) is 15.1. The summed E-state index contributed by atoms with van der Waals surface area (Å²) < 4.78 is 10.7. The van der Waals surface area contributed by atoms with Crippen LogP contribution in [0.3, 0.4) is 0 Å². The molecule has 4 nitrogen and oxygen atoms in total. The Morgan fingerprint density at radius 1 is 1.30 bits per heavy atom. The third kappa shape index (κ3) is 3.64. The molecule has 4 heteroatoms. The van der Waals surface area contributed by atoms with Crippen molar-refractivity contribution in [2.45, 2.75) is 38.3 Å². The van der Waals surface area contributed by atoms with Crippen molar-refractivity contribution in [1.82, 2.24) is 4.90 Å². The summed E-state index contributed by atoms with van der Waals surface area (Å²) in [6, 6.07) is 6.60. The van der Waals surface area contributed by atoms with Gasteiger partial charge in [-0.3, -0.25) is 4.90 Å². The number of nitrogens with zero attached hydrogens (tertiary/aromatic N) is 1. The first-order chi connectivity index (χ1) is 9.78. The predicted octanol–water partition coefficient (Wildman–Crippen LogP) is 2.44. The molecule has 1 aromatic carbocycles. The minimum Gasteiger partial charge on any atom is -0.497 e. The lowest BCUT2D eigenvalue weighted by Crippen LogP contribution is -2.29. The number of rotatable bonds is 7. The molecule has 0 spiro atoms. The molecule has 2 rings (SSSR count). The number of likely N-dealkylation sites (tertiary alicyclic amines) is 1. The summed E-state index contributed by atoms with van der Waals surface area (Å²) in [5, 5.41) is 8.99. The topological polar surface area (TPSA) is 41.9 Å². The lowest BCUT2D eigenvalue weighted by Gasteiger charge is -2.25. The molecule has 1 unspecified atom stereocenters. The van der Waals surface area contributed by atoms with Gasteiger partial charge in [-0.1, -0.05) is 6.07 Å². The fourth-order valence-corrected chi connectivity index (χ4v) is 2.96. The van der Waals surface area contributed by atoms with Crippen molar-refractivity contribution in [2.24, 2.45) is 0 Å². The highest BCUT2D eigenvalue weighted by Gasteiger charge is 2.24. The molecule has 1 heterocycles. The van der Waals surface area contributed by atoms with E-state index in [1.165, 1.54) is 18.4 Å². The normalized spacial score (nSPS) is 19.2. The van der Waals surface area contributed by atoms with E-state index in [9.17, 15) is 0 Å². The third-order valence-corrected chi connectivity index (χ3v) is 4.06. The molecule has 0 aromatic heterocycles. The van der Waals surface area contributed by atoms with E-state index in [1.807, 2.05) is 12.1 Å². The van der Waals surface area contributed by atoms with E-state index in [0.717, 1.165) is 37.4 Å². The number of aliphatic hydroxyl groups excluding tert-OH is 1. The third-order valence-electron chi connectivity index (χ3n) is 4.06. The highest BCUT2D eigenvalue weighted by Crippen LogP contribution is 2.29. The fourth-order valence-electron chi connectivity index (χ4n) is 2.96. The number of benzene rings is 1. The lowest BCUT2D eigenvalue weighted by atomic mass is 10.1. The van der Waals surface area contributed by atoms with Gasteiger partial charge in [-0.05, 0) is 38.3 Å². The summed E-state index contributed by atoms with van der Waals surface area (Å²) in [5.74, 6) is 1.71. The first-order valence-corrected chi connectivity index (χ1v) is 7.34. The Morgan fingerprint density at radius 3 is 2.85 bits per heavy atom. The van der Waals surface area contributed by atoms with E-state index in [-0.39, 0.29) is 6.61 Å². The molecule has 1 N–H and O–H groups in total. The lowest BCUT2D eigenvalue weighted by molar-refractivity contribution is 0.208. The SMILES string of the molecule is COc1ccc(CN2CCCC2CCCO)c(OC)c1. The van der Waals surface area contributed by atoms with Crippen molar-refractivity contribution in [3.63, 3.8) is 0 Å². The van der Waals surface area contributed by atoms with Crippen LogP contribution in [0, 0.1) is 0 Å². The maximum Gasteiger partial charge on any atom is 0.127 e. The molecule has 1 aliphatic heterocycles. The van der Waals surface area contributed by atoms with Crippen LogP contribution in [0.4, 0.5) is 0 Å². The Kier molecular flexibility index (Phi) is 5.68. The van der Waals surface area contributed by atoms with Gasteiger partial charge in [-0.2, -0.15) is 0 Å². The predicted molar refractivity (Wildman–Crippen MR) is 79.3 cm³/mol. The van der Waals surface area contributed by atoms with E-state index in [2.05, 4.69) is 11.0 Å². The molecule has 1 aromatic rings. The first-order valence-electron chi connectivity index (χ1n) is 7.34. The summed E-state index contributed by atoms with van der Waals surface area (Å²) in [4.78, 5) is 2.50. The van der Waals surface area contributed by atoms with Gasteiger partial charge in [0.15, 0.2) is 0 Å². The van der Waals surface area contributed by atoms with Crippen LogP contribution in [0.1, 0.15) is 31.2 Å². The molecular formula is C16H25NO3. The standard InChI is InChI=1S/C16H25NO3/c1-19-15-8-7-13(16(11-15)20-2)12-17-9-3-5-14(17)6-4-10-18/h7-8,11,14,18H,3-6,9-10,12H2,1-2H3. The average molecular weight is 279 g/mol. The van der Waals surface area contributed by atoms with Crippen LogP contribution < -0.4 is 9.47 Å². The van der Waals surface area contributed by atoms with Crippen molar-refractivity contribution in [3.8, 4) is 11.5 Å². The number of methoxy groups -OCH3 is 2. The summed E-state index contributed by atoms with van der Waals surface area (Å²) in [6.07, 6.45) is 4.45. The van der Waals surface area contributed by atoms with Gasteiger partial charge in [0.05, 0.1) is 14.2 Å². The van der Waals surface area contributed by atoms with Crippen molar-refractivity contribution in [2.75, 3.05) is 27.4 Å². The van der Waals surface area contributed by atoms with Crippen LogP contribution >= 0.6 is 0 Å². The molecule has 0 bridgehead atoms. The van der Waals surface area contributed by atoms with Crippen molar-refractivity contribution < 1.29 is 14.6 Å². The van der Waals surface area contributed by atoms with Gasteiger partial charge >= 0.3 is 0 Å². The average Bonchev–Trinajstić information content (AvgIpc) is 2.92. The van der Waals surface area contributed by atoms with E-state index >= 15 is 0 Å². The molecule has 0 radical (unpaired) electrons. The number of ether oxygens (including phenoxy) is 2. The van der Waals surface area contributed by atoms with E-state index in [4.69, 9.17) is 14.6 Å². The maximum absolute atomic E-state index is 8.99. The zero-order valence-electron chi connectivity index (χ0n) is 12.5. The Morgan fingerprint density at radius 2 is 2.15 bits per heavy atom. The largest absolute Gasteiger partial charge is 0.497 e. The van der Waals surface area contributed by atoms with Crippen molar-refractivity contribution in [1.29, 1.82) is 0 Å². The molecule has 0 saturated carbocycles. The molecule has 1 aliphatic rings. The van der Waals surface area contributed by atoms with Crippen LogP contribution in [0.15, 0.2) is 18.2 Å². The summed E-state index contributed by atoms with van der Waals surface area (Å²) >= 11 is 0. The molecular weight excluding hydrogens is 254 g/mol. The smallest absolute Gasteiger partial charge is 0.127 e. The molecule has 112 valence electrons. The van der Waals surface area contributed by atoms with Crippen molar-refractivity contribution in [3.05, 3.63) is 23.8 Å². The second-order valence-corrected chi connectivity index (χ2v) is 5.31. The monoisotopic (exact) mass is 279 g/mol. The summed E-state index contributed by atoms with van der Waals surface area (Å²) in [5.41, 5.74) is 1.20. The Balaban J connectivity index is 2.04. The molecule has 1 fully saturated rings. The molecule has 0 amide bonds. The van der Waals surface area contributed by atoms with Crippen LogP contribution in [-0.2, 0) is 6.54 Å². The maximum atomic E-state index is 8.99. The van der Waals surface area contributed by atoms with Gasteiger partial charge in [0.1, 0.15) is 11.5 Å². The van der Waals surface area contributed by atoms with Crippen LogP contribution in [-0.4, -0.2) is 43.4 Å². The summed E-state index contributed by atoms with van der Waals surface area (Å²) in [7, 11) is 3.37. The van der Waals surface area contributed by atoms with Gasteiger partial charge in [0, 0.05) is 30.8 Å². The Labute approximate surface area is 121 Å². The van der Waals surface area contributed by atoms with Gasteiger partial charge in [0.2, 0.25) is 0 Å². The quantitative estimate of drug-likeness (QED) is 0.832. The highest BCUT2D eigenvalue weighted by atomic mass is 16.5. The summed E-state index contributed by atoms with van der Waals surface area (Å²) in [6.45, 7) is 2.32. The van der Waals surface area contributed by atoms with E-state index in [0.29, 0.717) is 6.04 Å². The zero-order valence-corrected chi connectivity index (χ0v) is 12.5. The Bertz CT molecular complexity index is 422. The molecule has 0 aliphatic carbocycles. The van der Waals surface area contributed by atoms with Gasteiger partial charge < -0.3 is 14.6 Å². The van der Waals surface area contributed by atoms with Crippen LogP contribution in [0.5, 0.6) is 11.5 Å². The van der Waals surface area contributed by atoms with Crippen LogP contribution in [0.2, 0.25) is 0 Å². The Hall–Kier alpha value is -1.26. The minimum absolute atomic E-state index is 0.288. The number of hydrogen-bond donors (Lipinski definition) is 1. The second kappa shape index (κ2) is 7.50. The van der Waals surface area contributed by atoms with Gasteiger partial charge in [-0.15, -0.1) is 0 Å². The number of aliphatic hydroxyl groups is 1. The van der Waals surface area contributed by atoms with E-state index in [1.54, 1.807) is 14.2 Å². The van der Waals surface area contributed by atoms with Gasteiger partial charge in [-0.25, -0.2) is 0 Å². The number of hydrogen-bond acceptors (Lipinski definition) is 4. The molecule has 20 heavy (non-hydrogen) atoms. The zero-order chi connectivity index (χ0) is 14.4. The second-order valence-electron chi connectivity index (χ2n) is 5.31. The van der Waals surface area contributed by atoms with Crippen molar-refractivity contribution >= 4 is 0 Å². The molecule has 1 saturated heterocycles. The van der Waals surface area contributed by atoms with E-state index < -0.39 is 0 Å². The van der Waals surface area contributed by atoms with Crippen LogP contribution in [0.25, 0.3) is 0 Å². The highest BCUT2D eigenvalue weighted by molar-refractivity contribution is 5.40. The minimum atomic E-state index is 0.288. The fraction of sp³-hybridized carbons (Fsp3) is 0.625.